The lowest BCUT2D eigenvalue weighted by Gasteiger charge is -2.38. The number of hydrogen-bond acceptors (Lipinski definition) is 4. The van der Waals surface area contributed by atoms with Crippen molar-refractivity contribution >= 4 is 15.9 Å². The van der Waals surface area contributed by atoms with Gasteiger partial charge in [-0.25, -0.2) is 4.68 Å². The standard InChI is InChI=1S/C12H23BrN4O/c1-6-12(7-2,18-5)10(14-8-3)9-11(13)15-16-17(9)4/h10,14H,6-8H2,1-5H3. The second-order valence-corrected chi connectivity index (χ2v) is 5.11. The van der Waals surface area contributed by atoms with Crippen LogP contribution in [0.1, 0.15) is 45.3 Å². The van der Waals surface area contributed by atoms with Gasteiger partial charge in [0.15, 0.2) is 4.60 Å². The van der Waals surface area contributed by atoms with Crippen LogP contribution < -0.4 is 5.32 Å². The molecule has 0 aromatic carbocycles. The molecule has 1 aromatic rings. The average Bonchev–Trinajstić information content (AvgIpc) is 2.70. The summed E-state index contributed by atoms with van der Waals surface area (Å²) in [6.45, 7) is 7.26. The highest BCUT2D eigenvalue weighted by Gasteiger charge is 2.39. The summed E-state index contributed by atoms with van der Waals surface area (Å²) in [5.74, 6) is 0. The fourth-order valence-electron chi connectivity index (χ4n) is 2.45. The van der Waals surface area contributed by atoms with Gasteiger partial charge < -0.3 is 10.1 Å². The summed E-state index contributed by atoms with van der Waals surface area (Å²) in [5.41, 5.74) is 0.788. The third-order valence-electron chi connectivity index (χ3n) is 3.64. The van der Waals surface area contributed by atoms with Crippen molar-refractivity contribution in [3.05, 3.63) is 10.3 Å². The molecule has 0 fully saturated rings. The summed E-state index contributed by atoms with van der Waals surface area (Å²) < 4.78 is 8.41. The highest BCUT2D eigenvalue weighted by Crippen LogP contribution is 2.36. The summed E-state index contributed by atoms with van der Waals surface area (Å²) in [5, 5.41) is 11.6. The number of aryl methyl sites for hydroxylation is 1. The Morgan fingerprint density at radius 2 is 2.00 bits per heavy atom. The number of nitrogens with zero attached hydrogens (tertiary/aromatic N) is 3. The van der Waals surface area contributed by atoms with Gasteiger partial charge in [0.2, 0.25) is 0 Å². The lowest BCUT2D eigenvalue weighted by molar-refractivity contribution is -0.0503. The highest BCUT2D eigenvalue weighted by molar-refractivity contribution is 9.10. The van der Waals surface area contributed by atoms with Crippen LogP contribution in [-0.4, -0.2) is 34.2 Å². The monoisotopic (exact) mass is 318 g/mol. The molecule has 0 saturated heterocycles. The zero-order valence-electron chi connectivity index (χ0n) is 11.8. The molecular weight excluding hydrogens is 296 g/mol. The number of rotatable bonds is 7. The van der Waals surface area contributed by atoms with Crippen LogP contribution in [-0.2, 0) is 11.8 Å². The van der Waals surface area contributed by atoms with E-state index in [-0.39, 0.29) is 11.6 Å². The highest BCUT2D eigenvalue weighted by atomic mass is 79.9. The first-order chi connectivity index (χ1) is 8.56. The van der Waals surface area contributed by atoms with Crippen molar-refractivity contribution in [1.29, 1.82) is 0 Å². The summed E-state index contributed by atoms with van der Waals surface area (Å²) >= 11 is 3.48. The normalized spacial score (nSPS) is 13.9. The van der Waals surface area contributed by atoms with E-state index in [9.17, 15) is 0 Å². The first-order valence-electron chi connectivity index (χ1n) is 6.39. The Labute approximate surface area is 117 Å². The Kier molecular flexibility index (Phi) is 5.75. The minimum absolute atomic E-state index is 0.0666. The van der Waals surface area contributed by atoms with Gasteiger partial charge in [-0.1, -0.05) is 26.0 Å². The van der Waals surface area contributed by atoms with E-state index >= 15 is 0 Å². The van der Waals surface area contributed by atoms with Gasteiger partial charge >= 0.3 is 0 Å². The smallest absolute Gasteiger partial charge is 0.153 e. The topological polar surface area (TPSA) is 52.0 Å². The van der Waals surface area contributed by atoms with Crippen LogP contribution in [0.5, 0.6) is 0 Å². The lowest BCUT2D eigenvalue weighted by Crippen LogP contribution is -2.45. The van der Waals surface area contributed by atoms with Gasteiger partial charge in [-0.3, -0.25) is 0 Å². The Morgan fingerprint density at radius 3 is 2.33 bits per heavy atom. The Balaban J connectivity index is 3.24. The summed E-state index contributed by atoms with van der Waals surface area (Å²) in [4.78, 5) is 0. The van der Waals surface area contributed by atoms with Crippen molar-refractivity contribution in [3.8, 4) is 0 Å². The zero-order chi connectivity index (χ0) is 13.8. The van der Waals surface area contributed by atoms with Gasteiger partial charge in [-0.2, -0.15) is 0 Å². The molecule has 5 nitrogen and oxygen atoms in total. The predicted octanol–water partition coefficient (Wildman–Crippen LogP) is 2.43. The van der Waals surface area contributed by atoms with Gasteiger partial charge in [0, 0.05) is 14.2 Å². The molecule has 1 unspecified atom stereocenters. The molecule has 1 N–H and O–H groups in total. The molecule has 1 aromatic heterocycles. The largest absolute Gasteiger partial charge is 0.376 e. The molecule has 104 valence electrons. The first-order valence-corrected chi connectivity index (χ1v) is 7.19. The summed E-state index contributed by atoms with van der Waals surface area (Å²) in [6.07, 6.45) is 1.85. The Hall–Kier alpha value is -0.460. The quantitative estimate of drug-likeness (QED) is 0.839. The van der Waals surface area contributed by atoms with Gasteiger partial charge in [0.05, 0.1) is 17.3 Å². The molecule has 1 heterocycles. The van der Waals surface area contributed by atoms with Gasteiger partial charge in [0.1, 0.15) is 0 Å². The predicted molar refractivity (Wildman–Crippen MR) is 75.4 cm³/mol. The van der Waals surface area contributed by atoms with E-state index in [4.69, 9.17) is 4.74 Å². The third kappa shape index (κ3) is 2.75. The van der Waals surface area contributed by atoms with Crippen LogP contribution in [0, 0.1) is 0 Å². The van der Waals surface area contributed by atoms with E-state index in [0.29, 0.717) is 0 Å². The number of halogens is 1. The van der Waals surface area contributed by atoms with Crippen LogP contribution in [0.3, 0.4) is 0 Å². The fraction of sp³-hybridized carbons (Fsp3) is 0.833. The molecular formula is C12H23BrN4O. The first kappa shape index (κ1) is 15.6. The molecule has 0 aliphatic rings. The number of nitrogens with one attached hydrogen (secondary N) is 1. The Bertz CT molecular complexity index is 348. The molecule has 0 aliphatic carbocycles. The molecule has 1 atom stereocenters. The SMILES string of the molecule is CCNC(c1c(Br)nnn1C)C(CC)(CC)OC. The minimum Gasteiger partial charge on any atom is -0.376 e. The third-order valence-corrected chi connectivity index (χ3v) is 4.20. The molecule has 6 heteroatoms. The number of methoxy groups -OCH3 is 1. The number of aromatic nitrogens is 3. The van der Waals surface area contributed by atoms with Gasteiger partial charge in [-0.05, 0) is 35.3 Å². The molecule has 0 spiro atoms. The summed E-state index contributed by atoms with van der Waals surface area (Å²) in [6, 6.07) is 0.0666. The average molecular weight is 319 g/mol. The molecule has 0 radical (unpaired) electrons. The Morgan fingerprint density at radius 1 is 1.39 bits per heavy atom. The number of likely N-dealkylation sites (N-methyl/N-ethyl adjacent to an activating group) is 1. The van der Waals surface area contributed by atoms with Gasteiger partial charge in [-0.15, -0.1) is 5.10 Å². The van der Waals surface area contributed by atoms with E-state index in [1.54, 1.807) is 11.8 Å². The zero-order valence-corrected chi connectivity index (χ0v) is 13.4. The maximum Gasteiger partial charge on any atom is 0.153 e. The van der Waals surface area contributed by atoms with E-state index in [1.165, 1.54) is 0 Å². The fourth-order valence-corrected chi connectivity index (χ4v) is 3.00. The van der Waals surface area contributed by atoms with E-state index in [1.807, 2.05) is 7.05 Å². The molecule has 0 amide bonds. The van der Waals surface area contributed by atoms with E-state index < -0.39 is 0 Å². The maximum atomic E-state index is 5.83. The van der Waals surface area contributed by atoms with Crippen molar-refractivity contribution in [3.63, 3.8) is 0 Å². The molecule has 1 rings (SSSR count). The number of hydrogen-bond donors (Lipinski definition) is 1. The van der Waals surface area contributed by atoms with Crippen LogP contribution in [0.2, 0.25) is 0 Å². The van der Waals surface area contributed by atoms with Crippen molar-refractivity contribution in [2.45, 2.75) is 45.3 Å². The second kappa shape index (κ2) is 6.63. The molecule has 18 heavy (non-hydrogen) atoms. The maximum absolute atomic E-state index is 5.83. The van der Waals surface area contributed by atoms with Crippen LogP contribution in [0.15, 0.2) is 4.60 Å². The van der Waals surface area contributed by atoms with E-state index in [0.717, 1.165) is 29.7 Å². The van der Waals surface area contributed by atoms with E-state index in [2.05, 4.69) is 52.3 Å². The van der Waals surface area contributed by atoms with Crippen LogP contribution >= 0.6 is 15.9 Å². The van der Waals surface area contributed by atoms with Crippen LogP contribution in [0.25, 0.3) is 0 Å². The number of ether oxygens (including phenoxy) is 1. The summed E-state index contributed by atoms with van der Waals surface area (Å²) in [7, 11) is 3.68. The lowest BCUT2D eigenvalue weighted by atomic mass is 9.86. The minimum atomic E-state index is -0.242. The van der Waals surface area contributed by atoms with Gasteiger partial charge in [0.25, 0.3) is 0 Å². The van der Waals surface area contributed by atoms with Crippen molar-refractivity contribution in [1.82, 2.24) is 20.3 Å². The molecule has 0 saturated carbocycles. The molecule has 0 aliphatic heterocycles. The van der Waals surface area contributed by atoms with Crippen molar-refractivity contribution < 1.29 is 4.74 Å². The molecule has 0 bridgehead atoms. The van der Waals surface area contributed by atoms with Crippen LogP contribution in [0.4, 0.5) is 0 Å². The van der Waals surface area contributed by atoms with Crippen molar-refractivity contribution in [2.24, 2.45) is 7.05 Å². The second-order valence-electron chi connectivity index (χ2n) is 4.36. The van der Waals surface area contributed by atoms with Crippen molar-refractivity contribution in [2.75, 3.05) is 13.7 Å².